The Morgan fingerprint density at radius 2 is 1.85 bits per heavy atom. The van der Waals surface area contributed by atoms with Gasteiger partial charge in [0.1, 0.15) is 10.6 Å². The van der Waals surface area contributed by atoms with Crippen LogP contribution < -0.4 is 15.0 Å². The number of pyridine rings is 1. The molecule has 0 radical (unpaired) electrons. The van der Waals surface area contributed by atoms with E-state index in [1.165, 1.54) is 45.6 Å². The highest BCUT2D eigenvalue weighted by atomic mass is 32.2. The molecule has 1 N–H and O–H groups in total. The Morgan fingerprint density at radius 1 is 1.15 bits per heavy atom. The first kappa shape index (κ1) is 19.7. The quantitative estimate of drug-likeness (QED) is 0.822. The van der Waals surface area contributed by atoms with Crippen LogP contribution in [0.25, 0.3) is 0 Å². The maximum Gasteiger partial charge on any atom is 0.255 e. The van der Waals surface area contributed by atoms with Crippen LogP contribution in [-0.4, -0.2) is 58.9 Å². The van der Waals surface area contributed by atoms with Gasteiger partial charge in [0.2, 0.25) is 10.0 Å². The van der Waals surface area contributed by atoms with Gasteiger partial charge in [-0.1, -0.05) is 0 Å². The molecule has 0 saturated heterocycles. The summed E-state index contributed by atoms with van der Waals surface area (Å²) in [5.41, 5.74) is 1.50. The number of aromatic nitrogens is 1. The van der Waals surface area contributed by atoms with Crippen LogP contribution >= 0.6 is 0 Å². The fraction of sp³-hybridized carbons (Fsp3) is 0.294. The van der Waals surface area contributed by atoms with E-state index in [-0.39, 0.29) is 16.2 Å². The van der Waals surface area contributed by atoms with Crippen molar-refractivity contribution < 1.29 is 17.9 Å². The summed E-state index contributed by atoms with van der Waals surface area (Å²) in [5, 5.41) is 2.76. The molecule has 9 heteroatoms. The lowest BCUT2D eigenvalue weighted by molar-refractivity contribution is 0.102. The number of anilines is 2. The number of hydrogen-bond acceptors (Lipinski definition) is 6. The highest BCUT2D eigenvalue weighted by Crippen LogP contribution is 2.28. The number of methoxy groups -OCH3 is 1. The summed E-state index contributed by atoms with van der Waals surface area (Å²) in [6, 6.07) is 6.04. The SMILES string of the molecule is COc1ccc(C(=O)Nc2cnccc2N(C)C)cc1S(=O)(=O)N(C)C. The van der Waals surface area contributed by atoms with E-state index in [0.29, 0.717) is 5.69 Å². The Kier molecular flexibility index (Phi) is 5.83. The number of carbonyl (C=O) groups is 1. The second-order valence-electron chi connectivity index (χ2n) is 5.89. The zero-order valence-electron chi connectivity index (χ0n) is 15.3. The Morgan fingerprint density at radius 3 is 2.42 bits per heavy atom. The number of ether oxygens (including phenoxy) is 1. The second-order valence-corrected chi connectivity index (χ2v) is 8.01. The summed E-state index contributed by atoms with van der Waals surface area (Å²) < 4.78 is 31.2. The van der Waals surface area contributed by atoms with Gasteiger partial charge in [-0.2, -0.15) is 0 Å². The molecule has 0 aliphatic carbocycles. The first-order valence-electron chi connectivity index (χ1n) is 7.71. The molecule has 0 atom stereocenters. The lowest BCUT2D eigenvalue weighted by atomic mass is 10.2. The smallest absolute Gasteiger partial charge is 0.255 e. The zero-order chi connectivity index (χ0) is 19.5. The van der Waals surface area contributed by atoms with Crippen molar-refractivity contribution in [3.8, 4) is 5.75 Å². The predicted molar refractivity (Wildman–Crippen MR) is 100 cm³/mol. The minimum Gasteiger partial charge on any atom is -0.495 e. The number of carbonyl (C=O) groups excluding carboxylic acids is 1. The number of nitrogens with one attached hydrogen (secondary N) is 1. The van der Waals surface area contributed by atoms with Crippen molar-refractivity contribution in [2.24, 2.45) is 0 Å². The van der Waals surface area contributed by atoms with Gasteiger partial charge in [-0.25, -0.2) is 12.7 Å². The largest absolute Gasteiger partial charge is 0.495 e. The van der Waals surface area contributed by atoms with Gasteiger partial charge in [0, 0.05) is 40.0 Å². The first-order chi connectivity index (χ1) is 12.2. The molecule has 1 heterocycles. The van der Waals surface area contributed by atoms with Crippen molar-refractivity contribution in [2.45, 2.75) is 4.90 Å². The van der Waals surface area contributed by atoms with E-state index in [9.17, 15) is 13.2 Å². The third-order valence-electron chi connectivity index (χ3n) is 3.71. The lowest BCUT2D eigenvalue weighted by Gasteiger charge is -2.18. The molecule has 0 aliphatic rings. The van der Waals surface area contributed by atoms with E-state index in [2.05, 4.69) is 10.3 Å². The molecule has 8 nitrogen and oxygen atoms in total. The Hall–Kier alpha value is -2.65. The second kappa shape index (κ2) is 7.71. The zero-order valence-corrected chi connectivity index (χ0v) is 16.2. The average molecular weight is 378 g/mol. The Bertz CT molecular complexity index is 911. The molecule has 0 unspecified atom stereocenters. The molecule has 0 bridgehead atoms. The van der Waals surface area contributed by atoms with Gasteiger partial charge in [-0.3, -0.25) is 9.78 Å². The molecule has 2 aromatic rings. The Labute approximate surface area is 153 Å². The number of rotatable bonds is 6. The fourth-order valence-corrected chi connectivity index (χ4v) is 3.36. The van der Waals surface area contributed by atoms with Crippen LogP contribution in [0, 0.1) is 0 Å². The molecule has 140 valence electrons. The van der Waals surface area contributed by atoms with Gasteiger partial charge in [0.15, 0.2) is 0 Å². The van der Waals surface area contributed by atoms with E-state index in [1.807, 2.05) is 19.0 Å². The van der Waals surface area contributed by atoms with Gasteiger partial charge in [-0.15, -0.1) is 0 Å². The van der Waals surface area contributed by atoms with Crippen LogP contribution in [-0.2, 0) is 10.0 Å². The van der Waals surface area contributed by atoms with E-state index in [4.69, 9.17) is 4.74 Å². The molecular weight excluding hydrogens is 356 g/mol. The van der Waals surface area contributed by atoms with Crippen molar-refractivity contribution >= 4 is 27.3 Å². The van der Waals surface area contributed by atoms with Gasteiger partial charge in [0.25, 0.3) is 5.91 Å². The molecular formula is C17H22N4O4S. The summed E-state index contributed by atoms with van der Waals surface area (Å²) >= 11 is 0. The molecule has 0 saturated carbocycles. The van der Waals surface area contributed by atoms with Crippen LogP contribution in [0.2, 0.25) is 0 Å². The van der Waals surface area contributed by atoms with Crippen LogP contribution in [0.15, 0.2) is 41.6 Å². The van der Waals surface area contributed by atoms with Crippen molar-refractivity contribution in [1.82, 2.24) is 9.29 Å². The van der Waals surface area contributed by atoms with Crippen molar-refractivity contribution in [3.63, 3.8) is 0 Å². The van der Waals surface area contributed by atoms with Gasteiger partial charge < -0.3 is 15.0 Å². The third-order valence-corrected chi connectivity index (χ3v) is 5.55. The summed E-state index contributed by atoms with van der Waals surface area (Å²) in [5.74, 6) is -0.274. The molecule has 2 rings (SSSR count). The van der Waals surface area contributed by atoms with E-state index in [0.717, 1.165) is 9.99 Å². The maximum absolute atomic E-state index is 12.6. The summed E-state index contributed by atoms with van der Waals surface area (Å²) in [7, 11) is 4.14. The van der Waals surface area contributed by atoms with Crippen molar-refractivity contribution in [2.75, 3.05) is 45.5 Å². The molecule has 1 aromatic heterocycles. The van der Waals surface area contributed by atoms with Crippen molar-refractivity contribution in [3.05, 3.63) is 42.2 Å². The number of nitrogens with zero attached hydrogens (tertiary/aromatic N) is 3. The van der Waals surface area contributed by atoms with Crippen molar-refractivity contribution in [1.29, 1.82) is 0 Å². The number of sulfonamides is 1. The fourth-order valence-electron chi connectivity index (χ4n) is 2.28. The lowest BCUT2D eigenvalue weighted by Crippen LogP contribution is -2.23. The van der Waals surface area contributed by atoms with E-state index >= 15 is 0 Å². The normalized spacial score (nSPS) is 11.3. The van der Waals surface area contributed by atoms with Gasteiger partial charge in [0.05, 0.1) is 24.7 Å². The summed E-state index contributed by atoms with van der Waals surface area (Å²) in [6.07, 6.45) is 3.16. The molecule has 0 aliphatic heterocycles. The van der Waals surface area contributed by atoms with Crippen LogP contribution in [0.4, 0.5) is 11.4 Å². The molecule has 0 spiro atoms. The van der Waals surface area contributed by atoms with Crippen LogP contribution in [0.5, 0.6) is 5.75 Å². The standard InChI is InChI=1S/C17H22N4O4S/c1-20(2)14-8-9-18-11-13(14)19-17(22)12-6-7-15(25-5)16(10-12)26(23,24)21(3)4/h6-11H,1-5H3,(H,19,22). The number of amides is 1. The molecule has 1 aromatic carbocycles. The predicted octanol–water partition coefficient (Wildman–Crippen LogP) is 1.66. The number of benzene rings is 1. The van der Waals surface area contributed by atoms with Crippen LogP contribution in [0.3, 0.4) is 0 Å². The molecule has 1 amide bonds. The topological polar surface area (TPSA) is 91.8 Å². The van der Waals surface area contributed by atoms with E-state index in [1.54, 1.807) is 12.3 Å². The van der Waals surface area contributed by atoms with E-state index < -0.39 is 15.9 Å². The number of hydrogen-bond donors (Lipinski definition) is 1. The molecule has 0 fully saturated rings. The van der Waals surface area contributed by atoms with Gasteiger partial charge in [-0.05, 0) is 24.3 Å². The summed E-state index contributed by atoms with van der Waals surface area (Å²) in [6.45, 7) is 0. The summed E-state index contributed by atoms with van der Waals surface area (Å²) in [4.78, 5) is 18.4. The van der Waals surface area contributed by atoms with Crippen LogP contribution in [0.1, 0.15) is 10.4 Å². The minimum absolute atomic E-state index is 0.0725. The monoisotopic (exact) mass is 378 g/mol. The minimum atomic E-state index is -3.76. The third kappa shape index (κ3) is 3.94. The maximum atomic E-state index is 12.6. The average Bonchev–Trinajstić information content (AvgIpc) is 2.61. The highest BCUT2D eigenvalue weighted by molar-refractivity contribution is 7.89. The van der Waals surface area contributed by atoms with Gasteiger partial charge >= 0.3 is 0 Å². The molecule has 26 heavy (non-hydrogen) atoms. The first-order valence-corrected chi connectivity index (χ1v) is 9.15. The highest BCUT2D eigenvalue weighted by Gasteiger charge is 2.24. The Balaban J connectivity index is 2.43.